The summed E-state index contributed by atoms with van der Waals surface area (Å²) >= 11 is 0. The Labute approximate surface area is 144 Å². The van der Waals surface area contributed by atoms with E-state index in [1.165, 1.54) is 0 Å². The van der Waals surface area contributed by atoms with Gasteiger partial charge in [-0.2, -0.15) is 4.98 Å². The van der Waals surface area contributed by atoms with Crippen LogP contribution >= 0.6 is 0 Å². The molecule has 0 bridgehead atoms. The molecule has 3 aromatic rings. The molecule has 1 fully saturated rings. The first kappa shape index (κ1) is 14.4. The largest absolute Gasteiger partial charge is 0.350 e. The third kappa shape index (κ3) is 2.61. The minimum Gasteiger partial charge on any atom is -0.350 e. The fraction of sp³-hybridized carbons (Fsp3) is 0.235. The summed E-state index contributed by atoms with van der Waals surface area (Å²) in [5.74, 6) is 1.44. The van der Waals surface area contributed by atoms with Crippen molar-refractivity contribution in [1.82, 2.24) is 25.8 Å². The van der Waals surface area contributed by atoms with Gasteiger partial charge in [-0.15, -0.1) is 5.53 Å². The highest BCUT2D eigenvalue weighted by Gasteiger charge is 2.24. The van der Waals surface area contributed by atoms with E-state index in [-0.39, 0.29) is 0 Å². The molecule has 4 heterocycles. The van der Waals surface area contributed by atoms with Crippen LogP contribution < -0.4 is 26.6 Å². The van der Waals surface area contributed by atoms with Crippen molar-refractivity contribution in [2.24, 2.45) is 0 Å². The van der Waals surface area contributed by atoms with Crippen LogP contribution in [0.2, 0.25) is 0 Å². The Kier molecular flexibility index (Phi) is 3.36. The second-order valence-electron chi connectivity index (χ2n) is 6.22. The zero-order valence-electron chi connectivity index (χ0n) is 13.5. The van der Waals surface area contributed by atoms with Gasteiger partial charge < -0.3 is 10.6 Å². The Balaban J connectivity index is 1.48. The van der Waals surface area contributed by atoms with Crippen molar-refractivity contribution in [3.05, 3.63) is 42.7 Å². The van der Waals surface area contributed by atoms with Crippen LogP contribution in [0.5, 0.6) is 0 Å². The van der Waals surface area contributed by atoms with Crippen LogP contribution in [0.15, 0.2) is 42.7 Å². The van der Waals surface area contributed by atoms with E-state index >= 15 is 0 Å². The maximum atomic E-state index is 4.69. The summed E-state index contributed by atoms with van der Waals surface area (Å²) < 4.78 is 0. The molecule has 0 spiro atoms. The molecule has 0 saturated carbocycles. The lowest BCUT2D eigenvalue weighted by molar-refractivity contribution is 0.779. The van der Waals surface area contributed by atoms with Crippen LogP contribution in [0.3, 0.4) is 0 Å². The van der Waals surface area contributed by atoms with Gasteiger partial charge in [0.15, 0.2) is 5.82 Å². The van der Waals surface area contributed by atoms with Crippen LogP contribution in [-0.4, -0.2) is 34.1 Å². The van der Waals surface area contributed by atoms with Crippen molar-refractivity contribution in [1.29, 1.82) is 0 Å². The fourth-order valence-electron chi connectivity index (χ4n) is 3.22. The fourth-order valence-corrected chi connectivity index (χ4v) is 3.22. The van der Waals surface area contributed by atoms with Gasteiger partial charge in [0.05, 0.1) is 17.4 Å². The Morgan fingerprint density at radius 2 is 2.20 bits per heavy atom. The van der Waals surface area contributed by atoms with E-state index < -0.39 is 0 Å². The lowest BCUT2D eigenvalue weighted by Gasteiger charge is -2.18. The minimum atomic E-state index is 0.376. The van der Waals surface area contributed by atoms with Crippen molar-refractivity contribution >= 4 is 34.0 Å². The van der Waals surface area contributed by atoms with E-state index in [0.717, 1.165) is 47.6 Å². The second kappa shape index (κ2) is 5.83. The summed E-state index contributed by atoms with van der Waals surface area (Å²) in [5.41, 5.74) is 9.06. The Morgan fingerprint density at radius 3 is 3.12 bits per heavy atom. The lowest BCUT2D eigenvalue weighted by Crippen LogP contribution is -2.32. The minimum absolute atomic E-state index is 0.376. The number of nitrogens with zero attached hydrogens (tertiary/aromatic N) is 4. The summed E-state index contributed by atoms with van der Waals surface area (Å²) in [4.78, 5) is 13.5. The maximum absolute atomic E-state index is 4.69. The first-order chi connectivity index (χ1) is 12.4. The standard InChI is InChI=1S/C17H18N8/c1-2-11-8-13(3-4-14(11)19-6-1)25-16-15(23-24-25)10-20-17(22-16)21-12-5-7-18-9-12/h1-4,6,8,10,12,18,23-24H,5,7,9H2,(H,20,21,22)/t12-/m1/s1. The van der Waals surface area contributed by atoms with Gasteiger partial charge in [-0.05, 0) is 37.2 Å². The molecule has 8 nitrogen and oxygen atoms in total. The number of nitrogens with one attached hydrogen (secondary N) is 4. The molecule has 2 aromatic heterocycles. The van der Waals surface area contributed by atoms with E-state index in [1.807, 2.05) is 23.2 Å². The highest BCUT2D eigenvalue weighted by atomic mass is 15.7. The van der Waals surface area contributed by atoms with Crippen molar-refractivity contribution in [2.45, 2.75) is 12.5 Å². The van der Waals surface area contributed by atoms with Crippen LogP contribution in [0.4, 0.5) is 23.1 Å². The molecule has 0 radical (unpaired) electrons. The summed E-state index contributed by atoms with van der Waals surface area (Å²) in [6.07, 6.45) is 4.68. The molecular weight excluding hydrogens is 316 g/mol. The summed E-state index contributed by atoms with van der Waals surface area (Å²) in [6, 6.07) is 10.5. The maximum Gasteiger partial charge on any atom is 0.225 e. The number of hydrogen-bond acceptors (Lipinski definition) is 8. The molecule has 1 atom stereocenters. The topological polar surface area (TPSA) is 90.0 Å². The molecule has 8 heteroatoms. The third-order valence-electron chi connectivity index (χ3n) is 4.52. The van der Waals surface area contributed by atoms with Crippen LogP contribution in [0.1, 0.15) is 6.42 Å². The number of rotatable bonds is 3. The van der Waals surface area contributed by atoms with Crippen molar-refractivity contribution in [2.75, 3.05) is 28.8 Å². The molecule has 1 aromatic carbocycles. The number of hydrazine groups is 2. The molecule has 5 rings (SSSR count). The smallest absolute Gasteiger partial charge is 0.225 e. The number of benzene rings is 1. The number of anilines is 4. The van der Waals surface area contributed by atoms with Crippen LogP contribution in [0.25, 0.3) is 10.9 Å². The Bertz CT molecular complexity index is 921. The van der Waals surface area contributed by atoms with Crippen LogP contribution in [0, 0.1) is 0 Å². The zero-order chi connectivity index (χ0) is 16.6. The molecule has 4 N–H and O–H groups in total. The quantitative estimate of drug-likeness (QED) is 0.576. The molecule has 0 amide bonds. The molecule has 0 aliphatic carbocycles. The van der Waals surface area contributed by atoms with Gasteiger partial charge in [-0.3, -0.25) is 10.4 Å². The molecule has 126 valence electrons. The highest BCUT2D eigenvalue weighted by molar-refractivity contribution is 5.85. The van der Waals surface area contributed by atoms with E-state index in [0.29, 0.717) is 12.0 Å². The normalized spacial score (nSPS) is 19.0. The van der Waals surface area contributed by atoms with Crippen molar-refractivity contribution in [3.8, 4) is 0 Å². The summed E-state index contributed by atoms with van der Waals surface area (Å²) in [5, 5.41) is 9.73. The van der Waals surface area contributed by atoms with E-state index in [2.05, 4.69) is 48.7 Å². The number of aromatic nitrogens is 3. The molecule has 1 saturated heterocycles. The average molecular weight is 334 g/mol. The number of hydrogen-bond donors (Lipinski definition) is 4. The number of fused-ring (bicyclic) bond motifs is 2. The Morgan fingerprint density at radius 1 is 1.20 bits per heavy atom. The Hall–Kier alpha value is -2.97. The van der Waals surface area contributed by atoms with Crippen molar-refractivity contribution < 1.29 is 0 Å². The predicted octanol–water partition coefficient (Wildman–Crippen LogP) is 1.78. The van der Waals surface area contributed by atoms with Gasteiger partial charge in [0.1, 0.15) is 5.69 Å². The SMILES string of the molecule is c1cnc2ccc(N3NNc4cnc(N[C@@H]5CCNC5)nc43)cc2c1. The average Bonchev–Trinajstić information content (AvgIpc) is 3.31. The van der Waals surface area contributed by atoms with Crippen molar-refractivity contribution in [3.63, 3.8) is 0 Å². The van der Waals surface area contributed by atoms with Gasteiger partial charge in [0.25, 0.3) is 0 Å². The lowest BCUT2D eigenvalue weighted by atomic mass is 10.2. The molecular formula is C17H18N8. The third-order valence-corrected chi connectivity index (χ3v) is 4.52. The molecule has 25 heavy (non-hydrogen) atoms. The monoisotopic (exact) mass is 334 g/mol. The second-order valence-corrected chi connectivity index (χ2v) is 6.22. The molecule has 2 aliphatic heterocycles. The summed E-state index contributed by atoms with van der Waals surface area (Å²) in [6.45, 7) is 1.97. The van der Waals surface area contributed by atoms with Gasteiger partial charge in [0.2, 0.25) is 5.95 Å². The first-order valence-corrected chi connectivity index (χ1v) is 8.38. The predicted molar refractivity (Wildman–Crippen MR) is 97.6 cm³/mol. The van der Waals surface area contributed by atoms with E-state index in [4.69, 9.17) is 0 Å². The van der Waals surface area contributed by atoms with E-state index in [9.17, 15) is 0 Å². The first-order valence-electron chi connectivity index (χ1n) is 8.38. The summed E-state index contributed by atoms with van der Waals surface area (Å²) in [7, 11) is 0. The number of pyridine rings is 1. The van der Waals surface area contributed by atoms with Gasteiger partial charge in [0, 0.05) is 24.2 Å². The molecule has 2 aliphatic rings. The molecule has 0 unspecified atom stereocenters. The van der Waals surface area contributed by atoms with E-state index in [1.54, 1.807) is 12.4 Å². The van der Waals surface area contributed by atoms with Crippen LogP contribution in [-0.2, 0) is 0 Å². The van der Waals surface area contributed by atoms with Gasteiger partial charge in [-0.25, -0.2) is 9.99 Å². The van der Waals surface area contributed by atoms with Gasteiger partial charge >= 0.3 is 0 Å². The highest BCUT2D eigenvalue weighted by Crippen LogP contribution is 2.34. The zero-order valence-corrected chi connectivity index (χ0v) is 13.5. The van der Waals surface area contributed by atoms with Gasteiger partial charge in [-0.1, -0.05) is 6.07 Å².